The van der Waals surface area contributed by atoms with Crippen molar-refractivity contribution in [3.8, 4) is 0 Å². The third-order valence-corrected chi connectivity index (χ3v) is 7.52. The molecule has 0 aromatic carbocycles. The second-order valence-electron chi connectivity index (χ2n) is 9.37. The minimum absolute atomic E-state index is 0.541. The van der Waals surface area contributed by atoms with Crippen LogP contribution in [0, 0.1) is 34.0 Å². The molecule has 19 heavy (non-hydrogen) atoms. The van der Waals surface area contributed by atoms with E-state index in [2.05, 4.69) is 48.5 Å². The average Bonchev–Trinajstić information content (AvgIpc) is 2.48. The summed E-state index contributed by atoms with van der Waals surface area (Å²) in [5.41, 5.74) is 1.71. The minimum atomic E-state index is 0.541. The molecule has 0 amide bonds. The second-order valence-corrected chi connectivity index (χ2v) is 9.37. The molecule has 0 saturated heterocycles. The molecule has 2 aliphatic rings. The van der Waals surface area contributed by atoms with Crippen LogP contribution in [0.15, 0.2) is 0 Å². The van der Waals surface area contributed by atoms with Gasteiger partial charge in [0.1, 0.15) is 0 Å². The van der Waals surface area contributed by atoms with Crippen molar-refractivity contribution in [1.82, 2.24) is 0 Å². The lowest BCUT2D eigenvalue weighted by atomic mass is 9.49. The van der Waals surface area contributed by atoms with Crippen LogP contribution in [0.1, 0.15) is 87.0 Å². The van der Waals surface area contributed by atoms with Gasteiger partial charge in [-0.15, -0.1) is 0 Å². The van der Waals surface area contributed by atoms with Gasteiger partial charge in [-0.25, -0.2) is 0 Å². The van der Waals surface area contributed by atoms with Crippen LogP contribution < -0.4 is 0 Å². The van der Waals surface area contributed by atoms with E-state index in [1.54, 1.807) is 0 Å². The molecule has 2 aliphatic carbocycles. The molecule has 2 saturated carbocycles. The molecule has 2 fully saturated rings. The predicted octanol–water partition coefficient (Wildman–Crippen LogP) is 6.30. The lowest BCUT2D eigenvalue weighted by Gasteiger charge is -2.55. The number of hydrogen-bond donors (Lipinski definition) is 0. The van der Waals surface area contributed by atoms with E-state index < -0.39 is 0 Å². The molecule has 0 nitrogen and oxygen atoms in total. The first-order valence-electron chi connectivity index (χ1n) is 8.62. The summed E-state index contributed by atoms with van der Waals surface area (Å²) in [6.07, 6.45) is 8.64. The highest BCUT2D eigenvalue weighted by Gasteiger charge is 2.52. The standard InChI is InChI=1S/C19H36/c1-8-19(7)11-9-15-16(10-12-19)18(5,6)14(2)13-17(15,3)4/h14-16H,8-13H2,1-7H3. The molecule has 112 valence electrons. The van der Waals surface area contributed by atoms with Crippen LogP contribution in [-0.2, 0) is 0 Å². The Morgan fingerprint density at radius 2 is 1.42 bits per heavy atom. The molecule has 0 aliphatic heterocycles. The molecule has 0 radical (unpaired) electrons. The molecule has 4 atom stereocenters. The van der Waals surface area contributed by atoms with Gasteiger partial charge in [-0.2, -0.15) is 0 Å². The number of fused-ring (bicyclic) bond motifs is 1. The molecule has 0 spiro atoms. The fourth-order valence-corrected chi connectivity index (χ4v) is 5.28. The molecule has 0 heteroatoms. The van der Waals surface area contributed by atoms with Gasteiger partial charge in [0.15, 0.2) is 0 Å². The summed E-state index contributed by atoms with van der Waals surface area (Å²) < 4.78 is 0. The summed E-state index contributed by atoms with van der Waals surface area (Å²) in [5, 5.41) is 0. The van der Waals surface area contributed by atoms with E-state index in [0.717, 1.165) is 17.8 Å². The highest BCUT2D eigenvalue weighted by Crippen LogP contribution is 2.60. The largest absolute Gasteiger partial charge is 0.0649 e. The van der Waals surface area contributed by atoms with Gasteiger partial charge in [0.2, 0.25) is 0 Å². The normalized spacial score (nSPS) is 45.3. The summed E-state index contributed by atoms with van der Waals surface area (Å²) in [7, 11) is 0. The molecular weight excluding hydrogens is 228 g/mol. The molecule has 4 unspecified atom stereocenters. The monoisotopic (exact) mass is 264 g/mol. The molecule has 0 bridgehead atoms. The zero-order valence-corrected chi connectivity index (χ0v) is 14.5. The Morgan fingerprint density at radius 1 is 0.895 bits per heavy atom. The lowest BCUT2D eigenvalue weighted by Crippen LogP contribution is -2.48. The Balaban J connectivity index is 2.30. The van der Waals surface area contributed by atoms with E-state index in [1.165, 1.54) is 38.5 Å². The Kier molecular flexibility index (Phi) is 3.87. The molecular formula is C19H36. The first kappa shape index (κ1) is 15.4. The Bertz CT molecular complexity index is 325. The highest BCUT2D eigenvalue weighted by atomic mass is 14.6. The third-order valence-electron chi connectivity index (χ3n) is 7.52. The smallest absolute Gasteiger partial charge is 0.0297 e. The summed E-state index contributed by atoms with van der Waals surface area (Å²) in [5.74, 6) is 2.77. The van der Waals surface area contributed by atoms with Crippen molar-refractivity contribution >= 4 is 0 Å². The molecule has 0 aromatic rings. The van der Waals surface area contributed by atoms with Crippen LogP contribution in [0.25, 0.3) is 0 Å². The quantitative estimate of drug-likeness (QED) is 0.521. The Morgan fingerprint density at radius 3 is 1.95 bits per heavy atom. The second kappa shape index (κ2) is 4.78. The Labute approximate surface area is 121 Å². The van der Waals surface area contributed by atoms with E-state index in [-0.39, 0.29) is 0 Å². The van der Waals surface area contributed by atoms with Crippen molar-refractivity contribution in [1.29, 1.82) is 0 Å². The molecule has 2 rings (SSSR count). The van der Waals surface area contributed by atoms with Crippen molar-refractivity contribution in [2.45, 2.75) is 87.0 Å². The van der Waals surface area contributed by atoms with Crippen molar-refractivity contribution in [2.24, 2.45) is 34.0 Å². The molecule has 0 N–H and O–H groups in total. The maximum absolute atomic E-state index is 2.55. The van der Waals surface area contributed by atoms with E-state index in [1.807, 2.05) is 0 Å². The van der Waals surface area contributed by atoms with E-state index in [0.29, 0.717) is 16.2 Å². The van der Waals surface area contributed by atoms with Gasteiger partial charge >= 0.3 is 0 Å². The first-order valence-corrected chi connectivity index (χ1v) is 8.62. The summed E-state index contributed by atoms with van der Waals surface area (Å²) in [6, 6.07) is 0. The minimum Gasteiger partial charge on any atom is -0.0649 e. The predicted molar refractivity (Wildman–Crippen MR) is 85.2 cm³/mol. The van der Waals surface area contributed by atoms with Gasteiger partial charge < -0.3 is 0 Å². The van der Waals surface area contributed by atoms with Crippen molar-refractivity contribution in [2.75, 3.05) is 0 Å². The van der Waals surface area contributed by atoms with Gasteiger partial charge in [-0.05, 0) is 66.1 Å². The van der Waals surface area contributed by atoms with E-state index in [9.17, 15) is 0 Å². The van der Waals surface area contributed by atoms with Gasteiger partial charge in [-0.1, -0.05) is 54.9 Å². The van der Waals surface area contributed by atoms with Crippen LogP contribution in [0.3, 0.4) is 0 Å². The van der Waals surface area contributed by atoms with Crippen molar-refractivity contribution < 1.29 is 0 Å². The maximum Gasteiger partial charge on any atom is -0.0297 e. The van der Waals surface area contributed by atoms with E-state index >= 15 is 0 Å². The third kappa shape index (κ3) is 2.61. The van der Waals surface area contributed by atoms with Gasteiger partial charge in [-0.3, -0.25) is 0 Å². The van der Waals surface area contributed by atoms with Crippen LogP contribution >= 0.6 is 0 Å². The maximum atomic E-state index is 2.55. The number of rotatable bonds is 1. The zero-order valence-electron chi connectivity index (χ0n) is 14.5. The van der Waals surface area contributed by atoms with Gasteiger partial charge in [0, 0.05) is 0 Å². The SMILES string of the molecule is CCC1(C)CCC2C(CC1)C(C)(C)C(C)CC2(C)C. The fraction of sp³-hybridized carbons (Fsp3) is 1.00. The number of hydrogen-bond acceptors (Lipinski definition) is 0. The Hall–Kier alpha value is 0. The van der Waals surface area contributed by atoms with Crippen molar-refractivity contribution in [3.63, 3.8) is 0 Å². The topological polar surface area (TPSA) is 0 Å². The van der Waals surface area contributed by atoms with Gasteiger partial charge in [0.05, 0.1) is 0 Å². The van der Waals surface area contributed by atoms with Crippen LogP contribution in [0.2, 0.25) is 0 Å². The zero-order chi connectivity index (χ0) is 14.5. The van der Waals surface area contributed by atoms with E-state index in [4.69, 9.17) is 0 Å². The lowest BCUT2D eigenvalue weighted by molar-refractivity contribution is -0.0641. The fourth-order valence-electron chi connectivity index (χ4n) is 5.28. The highest BCUT2D eigenvalue weighted by molar-refractivity contribution is 5.01. The summed E-state index contributed by atoms with van der Waals surface area (Å²) >= 11 is 0. The van der Waals surface area contributed by atoms with Gasteiger partial charge in [0.25, 0.3) is 0 Å². The average molecular weight is 264 g/mol. The molecule has 0 heterocycles. The van der Waals surface area contributed by atoms with Crippen molar-refractivity contribution in [3.05, 3.63) is 0 Å². The summed E-state index contributed by atoms with van der Waals surface area (Å²) in [6.45, 7) is 17.6. The van der Waals surface area contributed by atoms with Crippen LogP contribution in [0.4, 0.5) is 0 Å². The first-order chi connectivity index (χ1) is 8.62. The van der Waals surface area contributed by atoms with Crippen LogP contribution in [-0.4, -0.2) is 0 Å². The summed E-state index contributed by atoms with van der Waals surface area (Å²) in [4.78, 5) is 0. The molecule has 0 aromatic heterocycles. The van der Waals surface area contributed by atoms with Crippen LogP contribution in [0.5, 0.6) is 0 Å².